The molecule has 1 aliphatic heterocycles. The summed E-state index contributed by atoms with van der Waals surface area (Å²) in [5.74, 6) is 1.02. The number of hydrogen-bond acceptors (Lipinski definition) is 3. The van der Waals surface area contributed by atoms with E-state index in [9.17, 15) is 4.79 Å². The number of rotatable bonds is 6. The van der Waals surface area contributed by atoms with Crippen LogP contribution < -0.4 is 4.74 Å². The molecule has 0 spiro atoms. The quantitative estimate of drug-likeness (QED) is 0.678. The summed E-state index contributed by atoms with van der Waals surface area (Å²) in [6.07, 6.45) is 2.99. The van der Waals surface area contributed by atoms with Gasteiger partial charge < -0.3 is 9.47 Å². The van der Waals surface area contributed by atoms with Crippen LogP contribution in [0.15, 0.2) is 54.6 Å². The molecule has 2 unspecified atom stereocenters. The van der Waals surface area contributed by atoms with Crippen LogP contribution in [-0.4, -0.2) is 18.7 Å². The highest BCUT2D eigenvalue weighted by Gasteiger charge is 2.25. The maximum absolute atomic E-state index is 13.0. The van der Waals surface area contributed by atoms with Crippen LogP contribution in [0.4, 0.5) is 0 Å². The first-order valence-corrected chi connectivity index (χ1v) is 9.12. The molecule has 0 aromatic heterocycles. The smallest absolute Gasteiger partial charge is 0.199 e. The van der Waals surface area contributed by atoms with Gasteiger partial charge in [0.05, 0.1) is 6.61 Å². The zero-order valence-electron chi connectivity index (χ0n) is 15.0. The molecule has 132 valence electrons. The van der Waals surface area contributed by atoms with Gasteiger partial charge in [-0.3, -0.25) is 4.79 Å². The molecule has 0 radical (unpaired) electrons. The van der Waals surface area contributed by atoms with E-state index in [0.29, 0.717) is 0 Å². The van der Waals surface area contributed by atoms with Gasteiger partial charge in [-0.2, -0.15) is 0 Å². The highest BCUT2D eigenvalue weighted by Crippen LogP contribution is 2.29. The molecule has 0 saturated carbocycles. The van der Waals surface area contributed by atoms with Crippen LogP contribution in [0.1, 0.15) is 54.9 Å². The molecule has 0 N–H and O–H groups in total. The van der Waals surface area contributed by atoms with Gasteiger partial charge >= 0.3 is 0 Å². The van der Waals surface area contributed by atoms with E-state index in [4.69, 9.17) is 9.47 Å². The third-order valence-electron chi connectivity index (χ3n) is 4.65. The summed E-state index contributed by atoms with van der Waals surface area (Å²) < 4.78 is 11.4. The predicted octanol–water partition coefficient (Wildman–Crippen LogP) is 5.21. The van der Waals surface area contributed by atoms with Crippen molar-refractivity contribution in [3.63, 3.8) is 0 Å². The van der Waals surface area contributed by atoms with Crippen LogP contribution >= 0.6 is 0 Å². The summed E-state index contributed by atoms with van der Waals surface area (Å²) in [4.78, 5) is 13.0. The molecule has 1 aliphatic rings. The van der Waals surface area contributed by atoms with Gasteiger partial charge in [0.1, 0.15) is 5.75 Å². The molecule has 2 aromatic carbocycles. The zero-order valence-corrected chi connectivity index (χ0v) is 15.0. The summed E-state index contributed by atoms with van der Waals surface area (Å²) in [7, 11) is 0. The molecule has 3 rings (SSSR count). The Hall–Kier alpha value is -2.13. The van der Waals surface area contributed by atoms with E-state index in [1.807, 2.05) is 54.6 Å². The van der Waals surface area contributed by atoms with Crippen molar-refractivity contribution in [2.45, 2.75) is 45.3 Å². The molecule has 3 nitrogen and oxygen atoms in total. The van der Waals surface area contributed by atoms with Crippen molar-refractivity contribution in [1.82, 2.24) is 0 Å². The number of ether oxygens (including phenoxy) is 2. The SMILES string of the molecule is CC(C)C(C(=O)c1ccc(OC2CCCCO2)cc1)c1ccccc1. The Morgan fingerprint density at radius 2 is 1.76 bits per heavy atom. The van der Waals surface area contributed by atoms with Crippen LogP contribution in [-0.2, 0) is 4.74 Å². The van der Waals surface area contributed by atoms with E-state index >= 15 is 0 Å². The molecule has 1 heterocycles. The molecule has 3 heteroatoms. The lowest BCUT2D eigenvalue weighted by molar-refractivity contribution is -0.105. The number of benzene rings is 2. The van der Waals surface area contributed by atoms with Gasteiger partial charge in [0.15, 0.2) is 12.1 Å². The summed E-state index contributed by atoms with van der Waals surface area (Å²) >= 11 is 0. The van der Waals surface area contributed by atoms with Crippen molar-refractivity contribution in [2.75, 3.05) is 6.61 Å². The summed E-state index contributed by atoms with van der Waals surface area (Å²) in [5, 5.41) is 0. The molecule has 2 aromatic rings. The van der Waals surface area contributed by atoms with Crippen molar-refractivity contribution in [3.8, 4) is 5.75 Å². The minimum Gasteiger partial charge on any atom is -0.465 e. The van der Waals surface area contributed by atoms with Crippen LogP contribution in [0.3, 0.4) is 0 Å². The fourth-order valence-electron chi connectivity index (χ4n) is 3.33. The topological polar surface area (TPSA) is 35.5 Å². The van der Waals surface area contributed by atoms with Crippen molar-refractivity contribution in [1.29, 1.82) is 0 Å². The zero-order chi connectivity index (χ0) is 17.6. The van der Waals surface area contributed by atoms with Crippen LogP contribution in [0, 0.1) is 5.92 Å². The van der Waals surface area contributed by atoms with E-state index in [-0.39, 0.29) is 23.9 Å². The standard InChI is InChI=1S/C22H26O3/c1-16(2)21(17-8-4-3-5-9-17)22(23)18-11-13-19(14-12-18)25-20-10-6-7-15-24-20/h3-5,8-9,11-14,16,20-21H,6-7,10,15H2,1-2H3. The highest BCUT2D eigenvalue weighted by atomic mass is 16.7. The molecule has 1 saturated heterocycles. The lowest BCUT2D eigenvalue weighted by Crippen LogP contribution is -2.25. The summed E-state index contributed by atoms with van der Waals surface area (Å²) in [5.41, 5.74) is 1.79. The van der Waals surface area contributed by atoms with Gasteiger partial charge in [0.2, 0.25) is 0 Å². The van der Waals surface area contributed by atoms with Gasteiger partial charge in [0, 0.05) is 17.9 Å². The highest BCUT2D eigenvalue weighted by molar-refractivity contribution is 6.01. The van der Waals surface area contributed by atoms with Crippen molar-refractivity contribution >= 4 is 5.78 Å². The number of ketones is 1. The second-order valence-electron chi connectivity index (χ2n) is 6.93. The minimum atomic E-state index is -0.164. The van der Waals surface area contributed by atoms with Gasteiger partial charge in [-0.1, -0.05) is 44.2 Å². The van der Waals surface area contributed by atoms with Crippen LogP contribution in [0.5, 0.6) is 5.75 Å². The number of Topliss-reactive ketones (excluding diaryl/α,β-unsaturated/α-hetero) is 1. The Balaban J connectivity index is 1.72. The minimum absolute atomic E-state index is 0.130. The first kappa shape index (κ1) is 17.7. The Morgan fingerprint density at radius 3 is 2.36 bits per heavy atom. The number of carbonyl (C=O) groups is 1. The molecule has 0 amide bonds. The molecular formula is C22H26O3. The van der Waals surface area contributed by atoms with Gasteiger partial charge in [-0.25, -0.2) is 0 Å². The average Bonchev–Trinajstić information content (AvgIpc) is 2.64. The fourth-order valence-corrected chi connectivity index (χ4v) is 3.33. The Bertz CT molecular complexity index is 670. The lowest BCUT2D eigenvalue weighted by atomic mass is 9.82. The predicted molar refractivity (Wildman–Crippen MR) is 99.0 cm³/mol. The second-order valence-corrected chi connectivity index (χ2v) is 6.93. The van der Waals surface area contributed by atoms with Gasteiger partial charge in [-0.05, 0) is 48.6 Å². The van der Waals surface area contributed by atoms with Crippen molar-refractivity contribution in [2.24, 2.45) is 5.92 Å². The normalized spacial score (nSPS) is 18.8. The fraction of sp³-hybridized carbons (Fsp3) is 0.409. The van der Waals surface area contributed by atoms with Crippen LogP contribution in [0.25, 0.3) is 0 Å². The Morgan fingerprint density at radius 1 is 1.04 bits per heavy atom. The Kier molecular flexibility index (Phi) is 5.87. The number of hydrogen-bond donors (Lipinski definition) is 0. The first-order valence-electron chi connectivity index (χ1n) is 9.12. The van der Waals surface area contributed by atoms with E-state index < -0.39 is 0 Å². The maximum atomic E-state index is 13.0. The third-order valence-corrected chi connectivity index (χ3v) is 4.65. The molecule has 2 atom stereocenters. The van der Waals surface area contributed by atoms with Crippen LogP contribution in [0.2, 0.25) is 0 Å². The molecule has 0 aliphatic carbocycles. The molecule has 0 bridgehead atoms. The molecule has 25 heavy (non-hydrogen) atoms. The Labute approximate surface area is 150 Å². The van der Waals surface area contributed by atoms with E-state index in [2.05, 4.69) is 13.8 Å². The summed E-state index contributed by atoms with van der Waals surface area (Å²) in [6, 6.07) is 17.5. The van der Waals surface area contributed by atoms with E-state index in [1.165, 1.54) is 0 Å². The maximum Gasteiger partial charge on any atom is 0.199 e. The lowest BCUT2D eigenvalue weighted by Gasteiger charge is -2.23. The largest absolute Gasteiger partial charge is 0.465 e. The third kappa shape index (κ3) is 4.49. The van der Waals surface area contributed by atoms with Gasteiger partial charge in [-0.15, -0.1) is 0 Å². The molecule has 1 fully saturated rings. The monoisotopic (exact) mass is 338 g/mol. The second kappa shape index (κ2) is 8.30. The van der Waals surface area contributed by atoms with Crippen molar-refractivity contribution < 1.29 is 14.3 Å². The van der Waals surface area contributed by atoms with Crippen molar-refractivity contribution in [3.05, 3.63) is 65.7 Å². The average molecular weight is 338 g/mol. The van der Waals surface area contributed by atoms with E-state index in [0.717, 1.165) is 42.7 Å². The van der Waals surface area contributed by atoms with Gasteiger partial charge in [0.25, 0.3) is 0 Å². The van der Waals surface area contributed by atoms with E-state index in [1.54, 1.807) is 0 Å². The number of carbonyl (C=O) groups excluding carboxylic acids is 1. The first-order chi connectivity index (χ1) is 12.1. The summed E-state index contributed by atoms with van der Waals surface area (Å²) in [6.45, 7) is 4.94. The molecular weight excluding hydrogens is 312 g/mol.